The van der Waals surface area contributed by atoms with Crippen molar-refractivity contribution in [3.05, 3.63) is 40.2 Å². The van der Waals surface area contributed by atoms with E-state index in [-0.39, 0.29) is 5.75 Å². The summed E-state index contributed by atoms with van der Waals surface area (Å²) in [5.41, 5.74) is 0.763. The van der Waals surface area contributed by atoms with E-state index in [1.165, 1.54) is 18.2 Å². The van der Waals surface area contributed by atoms with E-state index >= 15 is 0 Å². The molecule has 0 amide bonds. The monoisotopic (exact) mass is 175 g/mol. The molecule has 0 bridgehead atoms. The molecule has 2 aromatic rings. The van der Waals surface area contributed by atoms with Crippen LogP contribution in [0.3, 0.4) is 0 Å². The lowest BCUT2D eigenvalue weighted by molar-refractivity contribution is 0.354. The summed E-state index contributed by atoms with van der Waals surface area (Å²) in [7, 11) is 0. The first kappa shape index (κ1) is 7.86. The van der Waals surface area contributed by atoms with Gasteiger partial charge < -0.3 is 4.42 Å². The molecule has 0 atom stereocenters. The highest BCUT2D eigenvalue weighted by molar-refractivity contribution is 5.81. The molecule has 1 heterocycles. The van der Waals surface area contributed by atoms with Gasteiger partial charge in [-0.1, -0.05) is 0 Å². The van der Waals surface area contributed by atoms with Gasteiger partial charge in [-0.2, -0.15) is 0 Å². The third kappa shape index (κ3) is 1.28. The van der Waals surface area contributed by atoms with Crippen LogP contribution in [0.1, 0.15) is 5.56 Å². The number of hydrogen-bond donors (Lipinski definition) is 0. The van der Waals surface area contributed by atoms with Gasteiger partial charge in [0.05, 0.1) is 0 Å². The molecule has 65 valence electrons. The van der Waals surface area contributed by atoms with Crippen molar-refractivity contribution in [3.63, 3.8) is 0 Å². The Morgan fingerprint density at radius 2 is 2.00 bits per heavy atom. The minimum absolute atomic E-state index is 0.152. The molecule has 3 nitrogen and oxygen atoms in total. The number of benzene rings is 1. The maximum Gasteiger partial charge on any atom is 0.336 e. The molecule has 0 aliphatic heterocycles. The highest BCUT2D eigenvalue weighted by atomic mass is 16.4. The molecular formula is C10H7O3. The van der Waals surface area contributed by atoms with Crippen LogP contribution in [-0.2, 0) is 5.11 Å². The van der Waals surface area contributed by atoms with Crippen LogP contribution in [0, 0.1) is 6.92 Å². The second-order valence-electron chi connectivity index (χ2n) is 2.91. The summed E-state index contributed by atoms with van der Waals surface area (Å²) in [5.74, 6) is -0.152. The van der Waals surface area contributed by atoms with Gasteiger partial charge in [-0.3, -0.25) is 5.11 Å². The summed E-state index contributed by atoms with van der Waals surface area (Å²) in [6.45, 7) is 1.81. The quantitative estimate of drug-likeness (QED) is 0.576. The molecule has 1 aromatic heterocycles. The topological polar surface area (TPSA) is 50.1 Å². The van der Waals surface area contributed by atoms with Crippen LogP contribution >= 0.6 is 0 Å². The second-order valence-corrected chi connectivity index (χ2v) is 2.91. The first-order valence-electron chi connectivity index (χ1n) is 3.88. The molecule has 3 heteroatoms. The number of rotatable bonds is 0. The Morgan fingerprint density at radius 1 is 1.23 bits per heavy atom. The molecular weight excluding hydrogens is 168 g/mol. The van der Waals surface area contributed by atoms with Crippen molar-refractivity contribution in [3.8, 4) is 5.75 Å². The summed E-state index contributed by atoms with van der Waals surface area (Å²) < 4.78 is 4.87. The molecule has 1 aromatic carbocycles. The summed E-state index contributed by atoms with van der Waals surface area (Å²) >= 11 is 0. The Labute approximate surface area is 74.2 Å². The highest BCUT2D eigenvalue weighted by Crippen LogP contribution is 2.21. The Morgan fingerprint density at radius 3 is 2.77 bits per heavy atom. The largest absolute Gasteiger partial charge is 0.423 e. The minimum atomic E-state index is -0.421. The lowest BCUT2D eigenvalue weighted by Crippen LogP contribution is -1.97. The standard InChI is InChI=1S/C10H7O3/c1-6-4-10(12)13-9-5-7(11)2-3-8(6)9/h2-5H,1H3. The van der Waals surface area contributed by atoms with Gasteiger partial charge in [0.2, 0.25) is 0 Å². The minimum Gasteiger partial charge on any atom is -0.423 e. The van der Waals surface area contributed by atoms with Gasteiger partial charge in [0, 0.05) is 17.5 Å². The van der Waals surface area contributed by atoms with E-state index < -0.39 is 5.63 Å². The van der Waals surface area contributed by atoms with Crippen LogP contribution in [0.4, 0.5) is 0 Å². The fourth-order valence-corrected chi connectivity index (χ4v) is 1.31. The van der Waals surface area contributed by atoms with E-state index in [4.69, 9.17) is 4.42 Å². The zero-order valence-corrected chi connectivity index (χ0v) is 7.03. The first-order chi connectivity index (χ1) is 6.16. The van der Waals surface area contributed by atoms with Gasteiger partial charge in [-0.25, -0.2) is 4.79 Å². The van der Waals surface area contributed by atoms with Crippen molar-refractivity contribution in [2.24, 2.45) is 0 Å². The number of aryl methyl sites for hydroxylation is 1. The van der Waals surface area contributed by atoms with Crippen molar-refractivity contribution >= 4 is 11.0 Å². The Balaban J connectivity index is 2.94. The van der Waals surface area contributed by atoms with Gasteiger partial charge in [0.15, 0.2) is 5.75 Å². The van der Waals surface area contributed by atoms with Crippen LogP contribution in [0.25, 0.3) is 11.0 Å². The fraction of sp³-hybridized carbons (Fsp3) is 0.100. The predicted octanol–water partition coefficient (Wildman–Crippen LogP) is 2.25. The summed E-state index contributed by atoms with van der Waals surface area (Å²) in [6, 6.07) is 5.85. The third-order valence-electron chi connectivity index (χ3n) is 1.92. The number of fused-ring (bicyclic) bond motifs is 1. The van der Waals surface area contributed by atoms with E-state index in [9.17, 15) is 9.90 Å². The van der Waals surface area contributed by atoms with Gasteiger partial charge in [0.25, 0.3) is 0 Å². The van der Waals surface area contributed by atoms with E-state index in [2.05, 4.69) is 0 Å². The molecule has 2 rings (SSSR count). The Kier molecular flexibility index (Phi) is 1.59. The van der Waals surface area contributed by atoms with Crippen molar-refractivity contribution in [2.75, 3.05) is 0 Å². The maximum atomic E-state index is 10.9. The molecule has 0 saturated heterocycles. The lowest BCUT2D eigenvalue weighted by atomic mass is 10.1. The summed E-state index contributed by atoms with van der Waals surface area (Å²) in [6.07, 6.45) is 0. The summed E-state index contributed by atoms with van der Waals surface area (Å²) in [4.78, 5) is 10.9. The Bertz CT molecular complexity index is 511. The molecule has 0 unspecified atom stereocenters. The maximum absolute atomic E-state index is 10.9. The number of hydrogen-bond acceptors (Lipinski definition) is 2. The van der Waals surface area contributed by atoms with E-state index in [0.717, 1.165) is 10.9 Å². The van der Waals surface area contributed by atoms with Crippen LogP contribution in [-0.4, -0.2) is 0 Å². The van der Waals surface area contributed by atoms with Gasteiger partial charge in [-0.05, 0) is 24.6 Å². The van der Waals surface area contributed by atoms with Gasteiger partial charge in [-0.15, -0.1) is 0 Å². The van der Waals surface area contributed by atoms with Crippen LogP contribution in [0.5, 0.6) is 5.75 Å². The second kappa shape index (κ2) is 2.62. The SMILES string of the molecule is Cc1cc(=O)oc2cc([O])ccc12. The van der Waals surface area contributed by atoms with Gasteiger partial charge in [0.1, 0.15) is 5.58 Å². The smallest absolute Gasteiger partial charge is 0.336 e. The zero-order valence-electron chi connectivity index (χ0n) is 7.03. The highest BCUT2D eigenvalue weighted by Gasteiger charge is 2.02. The zero-order chi connectivity index (χ0) is 9.42. The van der Waals surface area contributed by atoms with E-state index in [0.29, 0.717) is 5.58 Å². The molecule has 0 fully saturated rings. The Hall–Kier alpha value is -1.77. The normalized spacial score (nSPS) is 10.5. The molecule has 0 N–H and O–H groups in total. The lowest BCUT2D eigenvalue weighted by Gasteiger charge is -1.98. The molecule has 0 spiro atoms. The van der Waals surface area contributed by atoms with Crippen LogP contribution < -0.4 is 5.63 Å². The van der Waals surface area contributed by atoms with E-state index in [1.807, 2.05) is 6.92 Å². The third-order valence-corrected chi connectivity index (χ3v) is 1.92. The molecule has 1 radical (unpaired) electrons. The van der Waals surface area contributed by atoms with Crippen LogP contribution in [0.15, 0.2) is 33.5 Å². The summed E-state index contributed by atoms with van der Waals surface area (Å²) in [5, 5.41) is 11.7. The first-order valence-corrected chi connectivity index (χ1v) is 3.88. The molecule has 0 aliphatic carbocycles. The molecule has 0 aliphatic rings. The predicted molar refractivity (Wildman–Crippen MR) is 47.4 cm³/mol. The fourth-order valence-electron chi connectivity index (χ4n) is 1.31. The van der Waals surface area contributed by atoms with Crippen molar-refractivity contribution in [1.82, 2.24) is 0 Å². The van der Waals surface area contributed by atoms with Gasteiger partial charge >= 0.3 is 5.63 Å². The average molecular weight is 175 g/mol. The van der Waals surface area contributed by atoms with E-state index in [1.54, 1.807) is 6.07 Å². The molecule has 13 heavy (non-hydrogen) atoms. The molecule has 0 saturated carbocycles. The average Bonchev–Trinajstić information content (AvgIpc) is 2.02. The van der Waals surface area contributed by atoms with Crippen molar-refractivity contribution < 1.29 is 9.52 Å². The van der Waals surface area contributed by atoms with Crippen molar-refractivity contribution in [2.45, 2.75) is 6.92 Å². The van der Waals surface area contributed by atoms with Crippen molar-refractivity contribution in [1.29, 1.82) is 0 Å². The van der Waals surface area contributed by atoms with Crippen LogP contribution in [0.2, 0.25) is 0 Å².